The molecule has 1 amide bonds. The highest BCUT2D eigenvalue weighted by Crippen LogP contribution is 2.40. The highest BCUT2D eigenvalue weighted by molar-refractivity contribution is 5.68. The zero-order valence-corrected chi connectivity index (χ0v) is 15.3. The number of ether oxygens (including phenoxy) is 1. The van der Waals surface area contributed by atoms with Gasteiger partial charge < -0.3 is 10.1 Å². The third-order valence-corrected chi connectivity index (χ3v) is 5.52. The monoisotopic (exact) mass is 322 g/mol. The van der Waals surface area contributed by atoms with Gasteiger partial charge in [-0.2, -0.15) is 0 Å². The molecule has 2 atom stereocenters. The summed E-state index contributed by atoms with van der Waals surface area (Å²) in [6.07, 6.45) is 7.71. The largest absolute Gasteiger partial charge is 0.444 e. The van der Waals surface area contributed by atoms with Crippen LogP contribution in [0.2, 0.25) is 0 Å². The molecule has 4 nitrogen and oxygen atoms in total. The van der Waals surface area contributed by atoms with Crippen LogP contribution in [0.15, 0.2) is 0 Å². The molecule has 2 unspecified atom stereocenters. The Balaban J connectivity index is 1.55. The predicted octanol–water partition coefficient (Wildman–Crippen LogP) is 3.80. The lowest BCUT2D eigenvalue weighted by atomic mass is 9.78. The molecule has 132 valence electrons. The van der Waals surface area contributed by atoms with Crippen molar-refractivity contribution >= 4 is 6.09 Å². The minimum atomic E-state index is -0.421. The van der Waals surface area contributed by atoms with Crippen molar-refractivity contribution in [1.29, 1.82) is 0 Å². The first-order valence-electron chi connectivity index (χ1n) is 9.52. The predicted molar refractivity (Wildman–Crippen MR) is 92.4 cm³/mol. The lowest BCUT2D eigenvalue weighted by molar-refractivity contribution is 0.0202. The summed E-state index contributed by atoms with van der Waals surface area (Å²) in [6.45, 7) is 10.3. The Bertz CT molecular complexity index is 422. The summed E-state index contributed by atoms with van der Waals surface area (Å²) in [4.78, 5) is 14.8. The van der Waals surface area contributed by atoms with Crippen LogP contribution in [-0.4, -0.2) is 41.8 Å². The van der Waals surface area contributed by atoms with E-state index < -0.39 is 5.60 Å². The van der Waals surface area contributed by atoms with Gasteiger partial charge in [-0.25, -0.2) is 4.79 Å². The van der Waals surface area contributed by atoms with Gasteiger partial charge in [-0.1, -0.05) is 19.8 Å². The van der Waals surface area contributed by atoms with Crippen molar-refractivity contribution in [2.24, 2.45) is 17.8 Å². The lowest BCUT2D eigenvalue weighted by Gasteiger charge is -2.47. The molecule has 23 heavy (non-hydrogen) atoms. The smallest absolute Gasteiger partial charge is 0.407 e. The van der Waals surface area contributed by atoms with Crippen LogP contribution in [0.4, 0.5) is 4.79 Å². The lowest BCUT2D eigenvalue weighted by Crippen LogP contribution is -2.56. The minimum Gasteiger partial charge on any atom is -0.444 e. The molecule has 1 heterocycles. The zero-order valence-electron chi connectivity index (χ0n) is 15.3. The first-order valence-corrected chi connectivity index (χ1v) is 9.52. The van der Waals surface area contributed by atoms with E-state index in [0.29, 0.717) is 0 Å². The topological polar surface area (TPSA) is 41.6 Å². The van der Waals surface area contributed by atoms with Crippen molar-refractivity contribution in [2.45, 2.75) is 83.9 Å². The molecule has 2 saturated carbocycles. The molecular formula is C19H34N2O2. The number of amides is 1. The number of nitrogens with one attached hydrogen (secondary N) is 1. The van der Waals surface area contributed by atoms with Gasteiger partial charge in [0, 0.05) is 25.2 Å². The molecule has 1 aliphatic heterocycles. The molecule has 0 aromatic rings. The minimum absolute atomic E-state index is 0.248. The van der Waals surface area contributed by atoms with Crippen LogP contribution in [0, 0.1) is 17.8 Å². The number of likely N-dealkylation sites (tertiary alicyclic amines) is 1. The van der Waals surface area contributed by atoms with Crippen molar-refractivity contribution < 1.29 is 9.53 Å². The summed E-state index contributed by atoms with van der Waals surface area (Å²) in [7, 11) is 0. The summed E-state index contributed by atoms with van der Waals surface area (Å²) < 4.78 is 5.45. The van der Waals surface area contributed by atoms with Crippen LogP contribution in [0.5, 0.6) is 0 Å². The molecule has 1 N–H and O–H groups in total. The van der Waals surface area contributed by atoms with Gasteiger partial charge >= 0.3 is 6.09 Å². The van der Waals surface area contributed by atoms with Crippen molar-refractivity contribution in [2.75, 3.05) is 13.1 Å². The second kappa shape index (κ2) is 6.62. The fraction of sp³-hybridized carbons (Fsp3) is 0.947. The van der Waals surface area contributed by atoms with Gasteiger partial charge in [0.2, 0.25) is 0 Å². The quantitative estimate of drug-likeness (QED) is 0.856. The molecule has 3 rings (SSSR count). The molecule has 0 aromatic carbocycles. The van der Waals surface area contributed by atoms with Gasteiger partial charge in [-0.3, -0.25) is 4.90 Å². The third kappa shape index (κ3) is 5.10. The van der Waals surface area contributed by atoms with Gasteiger partial charge in [-0.15, -0.1) is 0 Å². The molecule has 0 aromatic heterocycles. The normalized spacial score (nSPS) is 35.5. The van der Waals surface area contributed by atoms with E-state index in [1.165, 1.54) is 38.6 Å². The van der Waals surface area contributed by atoms with E-state index in [-0.39, 0.29) is 12.1 Å². The maximum Gasteiger partial charge on any atom is 0.407 e. The number of hydrogen-bond donors (Lipinski definition) is 1. The van der Waals surface area contributed by atoms with Crippen molar-refractivity contribution in [3.05, 3.63) is 0 Å². The van der Waals surface area contributed by atoms with E-state index in [0.717, 1.165) is 36.8 Å². The maximum absolute atomic E-state index is 12.1. The molecule has 0 bridgehead atoms. The van der Waals surface area contributed by atoms with Crippen LogP contribution in [0.1, 0.15) is 66.2 Å². The average molecular weight is 322 g/mol. The second-order valence-corrected chi connectivity index (χ2v) is 9.31. The maximum atomic E-state index is 12.1. The number of carbonyl (C=O) groups is 1. The Labute approximate surface area is 141 Å². The first-order chi connectivity index (χ1) is 10.8. The number of piperidine rings is 1. The van der Waals surface area contributed by atoms with Gasteiger partial charge in [-0.05, 0) is 64.2 Å². The number of nitrogens with zero attached hydrogens (tertiary/aromatic N) is 1. The SMILES string of the molecule is CC1CC(N2CC(CC3CC3)CC(NC(=O)OC(C)(C)C)C2)C1. The van der Waals surface area contributed by atoms with Crippen molar-refractivity contribution in [3.8, 4) is 0 Å². The molecule has 2 aliphatic carbocycles. The Morgan fingerprint density at radius 2 is 1.83 bits per heavy atom. The highest BCUT2D eigenvalue weighted by Gasteiger charge is 2.38. The van der Waals surface area contributed by atoms with Gasteiger partial charge in [0.25, 0.3) is 0 Å². The van der Waals surface area contributed by atoms with Crippen molar-refractivity contribution in [1.82, 2.24) is 10.2 Å². The molecule has 0 radical (unpaired) electrons. The van der Waals surface area contributed by atoms with Gasteiger partial charge in [0.05, 0.1) is 0 Å². The molecule has 3 aliphatic rings. The van der Waals surface area contributed by atoms with E-state index >= 15 is 0 Å². The molecule has 0 spiro atoms. The third-order valence-electron chi connectivity index (χ3n) is 5.52. The van der Waals surface area contributed by atoms with Gasteiger partial charge in [0.1, 0.15) is 5.60 Å². The number of alkyl carbamates (subject to hydrolysis) is 1. The summed E-state index contributed by atoms with van der Waals surface area (Å²) >= 11 is 0. The molecule has 4 heteroatoms. The molecule has 1 saturated heterocycles. The van der Waals surface area contributed by atoms with E-state index in [4.69, 9.17) is 4.74 Å². The Kier molecular flexibility index (Phi) is 4.91. The van der Waals surface area contributed by atoms with Crippen LogP contribution in [-0.2, 0) is 4.74 Å². The second-order valence-electron chi connectivity index (χ2n) is 9.31. The van der Waals surface area contributed by atoms with E-state index in [1.54, 1.807) is 0 Å². The van der Waals surface area contributed by atoms with Crippen molar-refractivity contribution in [3.63, 3.8) is 0 Å². The summed E-state index contributed by atoms with van der Waals surface area (Å²) in [5.74, 6) is 2.58. The average Bonchev–Trinajstić information content (AvgIpc) is 3.16. The van der Waals surface area contributed by atoms with Crippen LogP contribution in [0.25, 0.3) is 0 Å². The summed E-state index contributed by atoms with van der Waals surface area (Å²) in [5.41, 5.74) is -0.421. The fourth-order valence-electron chi connectivity index (χ4n) is 4.27. The summed E-state index contributed by atoms with van der Waals surface area (Å²) in [5, 5.41) is 3.14. The number of rotatable bonds is 4. The number of carbonyl (C=O) groups excluding carboxylic acids is 1. The van der Waals surface area contributed by atoms with Crippen LogP contribution < -0.4 is 5.32 Å². The Hall–Kier alpha value is -0.770. The number of hydrogen-bond acceptors (Lipinski definition) is 3. The van der Waals surface area contributed by atoms with E-state index in [9.17, 15) is 4.79 Å². The van der Waals surface area contributed by atoms with Crippen LogP contribution in [0.3, 0.4) is 0 Å². The van der Waals surface area contributed by atoms with E-state index in [2.05, 4.69) is 17.1 Å². The molecule has 3 fully saturated rings. The molecular weight excluding hydrogens is 288 g/mol. The highest BCUT2D eigenvalue weighted by atomic mass is 16.6. The Morgan fingerprint density at radius 1 is 1.13 bits per heavy atom. The standard InChI is InChI=1S/C19H34N2O2/c1-13-7-17(8-13)21-11-15(9-14-5-6-14)10-16(12-21)20-18(22)23-19(2,3)4/h13-17H,5-12H2,1-4H3,(H,20,22). The van der Waals surface area contributed by atoms with Crippen LogP contribution >= 0.6 is 0 Å². The Morgan fingerprint density at radius 3 is 2.39 bits per heavy atom. The fourth-order valence-corrected chi connectivity index (χ4v) is 4.27. The van der Waals surface area contributed by atoms with Gasteiger partial charge in [0.15, 0.2) is 0 Å². The summed E-state index contributed by atoms with van der Waals surface area (Å²) in [6, 6.07) is 0.994. The first kappa shape index (κ1) is 17.1. The zero-order chi connectivity index (χ0) is 16.6. The van der Waals surface area contributed by atoms with E-state index in [1.807, 2.05) is 20.8 Å².